The molecule has 0 spiro atoms. The number of aromatic nitrogens is 4. The van der Waals surface area contributed by atoms with Gasteiger partial charge in [-0.15, -0.1) is 0 Å². The second-order valence-corrected chi connectivity index (χ2v) is 8.41. The Bertz CT molecular complexity index is 1020. The normalized spacial score (nSPS) is 12.2. The van der Waals surface area contributed by atoms with Gasteiger partial charge in [0.25, 0.3) is 5.95 Å². The molecular formula is C24H32N6O. The van der Waals surface area contributed by atoms with Gasteiger partial charge >= 0.3 is 0 Å². The van der Waals surface area contributed by atoms with Gasteiger partial charge in [0.2, 0.25) is 5.91 Å². The minimum atomic E-state index is -0.00475. The molecule has 0 saturated heterocycles. The van der Waals surface area contributed by atoms with Crippen molar-refractivity contribution in [1.82, 2.24) is 30.0 Å². The molecule has 1 N–H and O–H groups in total. The standard InChI is InChI=1S/C24H32N6O/c1-16-12-17(2)26-24(25-16)30-19(4)22(18(3)28-30)14-23(31)27-21(15-29(5)6)13-20-10-8-7-9-11-20/h7-12,21H,13-15H2,1-6H3,(H,27,31). The Balaban J connectivity index is 1.76. The van der Waals surface area contributed by atoms with Crippen LogP contribution in [0.3, 0.4) is 0 Å². The molecule has 31 heavy (non-hydrogen) atoms. The lowest BCUT2D eigenvalue weighted by atomic mass is 10.0. The van der Waals surface area contributed by atoms with Crippen molar-refractivity contribution in [3.63, 3.8) is 0 Å². The summed E-state index contributed by atoms with van der Waals surface area (Å²) in [6.45, 7) is 8.54. The first-order valence-corrected chi connectivity index (χ1v) is 10.6. The predicted molar refractivity (Wildman–Crippen MR) is 122 cm³/mol. The van der Waals surface area contributed by atoms with Crippen LogP contribution < -0.4 is 5.32 Å². The molecule has 3 aromatic rings. The van der Waals surface area contributed by atoms with Crippen molar-refractivity contribution in [3.8, 4) is 5.95 Å². The van der Waals surface area contributed by atoms with Crippen LogP contribution >= 0.6 is 0 Å². The fourth-order valence-electron chi connectivity index (χ4n) is 3.87. The highest BCUT2D eigenvalue weighted by Crippen LogP contribution is 2.17. The number of benzene rings is 1. The summed E-state index contributed by atoms with van der Waals surface area (Å²) in [7, 11) is 4.04. The Morgan fingerprint density at radius 2 is 1.71 bits per heavy atom. The van der Waals surface area contributed by atoms with E-state index in [0.29, 0.717) is 5.95 Å². The summed E-state index contributed by atoms with van der Waals surface area (Å²) in [4.78, 5) is 24.1. The Morgan fingerprint density at radius 1 is 1.06 bits per heavy atom. The summed E-state index contributed by atoms with van der Waals surface area (Å²) >= 11 is 0. The lowest BCUT2D eigenvalue weighted by Gasteiger charge is -2.22. The van der Waals surface area contributed by atoms with E-state index in [1.54, 1.807) is 4.68 Å². The number of aryl methyl sites for hydroxylation is 3. The van der Waals surface area contributed by atoms with Crippen LogP contribution in [0.25, 0.3) is 5.95 Å². The van der Waals surface area contributed by atoms with Gasteiger partial charge in [0, 0.05) is 35.2 Å². The molecule has 2 heterocycles. The highest BCUT2D eigenvalue weighted by molar-refractivity contribution is 5.79. The van der Waals surface area contributed by atoms with Crippen LogP contribution in [0, 0.1) is 27.7 Å². The van der Waals surface area contributed by atoms with Crippen LogP contribution in [-0.2, 0) is 17.6 Å². The van der Waals surface area contributed by atoms with E-state index in [-0.39, 0.29) is 18.4 Å². The molecule has 3 rings (SSSR count). The van der Waals surface area contributed by atoms with E-state index >= 15 is 0 Å². The molecule has 0 fully saturated rings. The Kier molecular flexibility index (Phi) is 7.17. The number of nitrogens with one attached hydrogen (secondary N) is 1. The lowest BCUT2D eigenvalue weighted by molar-refractivity contribution is -0.121. The predicted octanol–water partition coefficient (Wildman–Crippen LogP) is 2.73. The molecule has 7 heteroatoms. The molecule has 2 aromatic heterocycles. The first-order chi connectivity index (χ1) is 14.7. The third-order valence-corrected chi connectivity index (χ3v) is 5.21. The van der Waals surface area contributed by atoms with Crippen LogP contribution in [-0.4, -0.2) is 57.2 Å². The van der Waals surface area contributed by atoms with Gasteiger partial charge in [0.05, 0.1) is 12.1 Å². The average Bonchev–Trinajstić information content (AvgIpc) is 2.95. The molecule has 0 radical (unpaired) electrons. The van der Waals surface area contributed by atoms with Gasteiger partial charge in [0.1, 0.15) is 0 Å². The van der Waals surface area contributed by atoms with Crippen molar-refractivity contribution in [1.29, 1.82) is 0 Å². The summed E-state index contributed by atoms with van der Waals surface area (Å²) < 4.78 is 1.74. The van der Waals surface area contributed by atoms with Gasteiger partial charge in [-0.1, -0.05) is 30.3 Å². The number of hydrogen-bond acceptors (Lipinski definition) is 5. The highest BCUT2D eigenvalue weighted by Gasteiger charge is 2.20. The molecule has 0 saturated carbocycles. The van der Waals surface area contributed by atoms with E-state index in [0.717, 1.165) is 41.3 Å². The smallest absolute Gasteiger partial charge is 0.251 e. The quantitative estimate of drug-likeness (QED) is 0.606. The van der Waals surface area contributed by atoms with Gasteiger partial charge in [-0.25, -0.2) is 14.6 Å². The summed E-state index contributed by atoms with van der Waals surface area (Å²) in [5.41, 5.74) is 5.63. The van der Waals surface area contributed by atoms with Gasteiger partial charge in [-0.3, -0.25) is 4.79 Å². The topological polar surface area (TPSA) is 75.9 Å². The van der Waals surface area contributed by atoms with Crippen molar-refractivity contribution in [2.24, 2.45) is 0 Å². The monoisotopic (exact) mass is 420 g/mol. The van der Waals surface area contributed by atoms with Crippen molar-refractivity contribution < 1.29 is 4.79 Å². The van der Waals surface area contributed by atoms with Crippen LogP contribution in [0.5, 0.6) is 0 Å². The molecule has 0 aliphatic rings. The molecule has 1 aromatic carbocycles. The van der Waals surface area contributed by atoms with Crippen molar-refractivity contribution >= 4 is 5.91 Å². The van der Waals surface area contributed by atoms with E-state index in [9.17, 15) is 4.79 Å². The molecule has 0 aliphatic carbocycles. The number of likely N-dealkylation sites (N-methyl/N-ethyl adjacent to an activating group) is 1. The lowest BCUT2D eigenvalue weighted by Crippen LogP contribution is -2.43. The van der Waals surface area contributed by atoms with Crippen LogP contribution in [0.1, 0.15) is 33.9 Å². The van der Waals surface area contributed by atoms with Crippen molar-refractivity contribution in [3.05, 3.63) is 70.3 Å². The molecule has 1 amide bonds. The first-order valence-electron chi connectivity index (χ1n) is 10.6. The fourth-order valence-corrected chi connectivity index (χ4v) is 3.87. The molecule has 1 unspecified atom stereocenters. The van der Waals surface area contributed by atoms with Crippen LogP contribution in [0.15, 0.2) is 36.4 Å². The highest BCUT2D eigenvalue weighted by atomic mass is 16.1. The molecular weight excluding hydrogens is 388 g/mol. The summed E-state index contributed by atoms with van der Waals surface area (Å²) in [5, 5.41) is 7.83. The molecule has 1 atom stereocenters. The van der Waals surface area contributed by atoms with Gasteiger partial charge < -0.3 is 10.2 Å². The Morgan fingerprint density at radius 3 is 2.32 bits per heavy atom. The first kappa shape index (κ1) is 22.6. The Hall–Kier alpha value is -3.06. The van der Waals surface area contributed by atoms with Crippen molar-refractivity contribution in [2.45, 2.75) is 46.6 Å². The van der Waals surface area contributed by atoms with Gasteiger partial charge in [-0.2, -0.15) is 5.10 Å². The maximum atomic E-state index is 13.0. The zero-order chi connectivity index (χ0) is 22.5. The zero-order valence-corrected chi connectivity index (χ0v) is 19.3. The number of nitrogens with zero attached hydrogens (tertiary/aromatic N) is 5. The average molecular weight is 421 g/mol. The summed E-state index contributed by atoms with van der Waals surface area (Å²) in [5.74, 6) is 0.536. The van der Waals surface area contributed by atoms with E-state index < -0.39 is 0 Å². The molecule has 0 aliphatic heterocycles. The number of hydrogen-bond donors (Lipinski definition) is 1. The maximum absolute atomic E-state index is 13.0. The largest absolute Gasteiger partial charge is 0.351 e. The fraction of sp³-hybridized carbons (Fsp3) is 0.417. The van der Waals surface area contributed by atoms with E-state index in [1.807, 2.05) is 66.1 Å². The van der Waals surface area contributed by atoms with Gasteiger partial charge in [0.15, 0.2) is 0 Å². The second kappa shape index (κ2) is 9.83. The van der Waals surface area contributed by atoms with E-state index in [1.165, 1.54) is 5.56 Å². The second-order valence-electron chi connectivity index (χ2n) is 8.41. The molecule has 7 nitrogen and oxygen atoms in total. The third-order valence-electron chi connectivity index (χ3n) is 5.21. The van der Waals surface area contributed by atoms with Crippen LogP contribution in [0.2, 0.25) is 0 Å². The Labute approximate surface area is 184 Å². The number of amides is 1. The van der Waals surface area contributed by atoms with Crippen molar-refractivity contribution in [2.75, 3.05) is 20.6 Å². The summed E-state index contributed by atoms with van der Waals surface area (Å²) in [6, 6.07) is 12.2. The maximum Gasteiger partial charge on any atom is 0.251 e. The number of carbonyl (C=O) groups is 1. The molecule has 0 bridgehead atoms. The van der Waals surface area contributed by atoms with E-state index in [2.05, 4.69) is 37.4 Å². The minimum absolute atomic E-state index is 0.00475. The minimum Gasteiger partial charge on any atom is -0.351 e. The summed E-state index contributed by atoms with van der Waals surface area (Å²) in [6.07, 6.45) is 1.07. The SMILES string of the molecule is Cc1cc(C)nc(-n2nc(C)c(CC(=O)NC(Cc3ccccc3)CN(C)C)c2C)n1. The molecule has 164 valence electrons. The third kappa shape index (κ3) is 5.98. The van der Waals surface area contributed by atoms with Gasteiger partial charge in [-0.05, 0) is 59.8 Å². The van der Waals surface area contributed by atoms with E-state index in [4.69, 9.17) is 0 Å². The zero-order valence-electron chi connectivity index (χ0n) is 19.3. The number of rotatable bonds is 8. The number of carbonyl (C=O) groups excluding carboxylic acids is 1. The van der Waals surface area contributed by atoms with Crippen LogP contribution in [0.4, 0.5) is 0 Å².